The van der Waals surface area contributed by atoms with Crippen LogP contribution in [0.25, 0.3) is 20.7 Å². The Kier molecular flexibility index (Phi) is 2.09. The first-order valence-corrected chi connectivity index (χ1v) is 5.90. The number of nitrogens with zero attached hydrogens (tertiary/aromatic N) is 1. The van der Waals surface area contributed by atoms with E-state index in [1.807, 2.05) is 25.1 Å². The number of aryl methyl sites for hydroxylation is 1. The molecule has 0 fully saturated rings. The highest BCUT2D eigenvalue weighted by atomic mass is 32.1. The van der Waals surface area contributed by atoms with Gasteiger partial charge in [0.2, 0.25) is 0 Å². The van der Waals surface area contributed by atoms with Gasteiger partial charge in [0, 0.05) is 4.70 Å². The molecule has 2 aliphatic rings. The smallest absolute Gasteiger partial charge is 0.272 e. The highest BCUT2D eigenvalue weighted by molar-refractivity contribution is 7.21. The van der Waals surface area contributed by atoms with Gasteiger partial charge in [-0.15, -0.1) is 11.3 Å². The zero-order chi connectivity index (χ0) is 12.0. The van der Waals surface area contributed by atoms with Crippen molar-refractivity contribution in [3.05, 3.63) is 50.7 Å². The maximum atomic E-state index is 11.6. The van der Waals surface area contributed by atoms with Crippen molar-refractivity contribution in [2.24, 2.45) is 0 Å². The summed E-state index contributed by atoms with van der Waals surface area (Å²) in [5.74, 6) is 0. The molecule has 0 amide bonds. The van der Waals surface area contributed by atoms with Gasteiger partial charge in [-0.25, -0.2) is 4.79 Å². The summed E-state index contributed by atoms with van der Waals surface area (Å²) in [6, 6.07) is 7.76. The monoisotopic (exact) mass is 244 g/mol. The molecule has 5 heteroatoms. The van der Waals surface area contributed by atoms with Gasteiger partial charge in [-0.3, -0.25) is 9.78 Å². The van der Waals surface area contributed by atoms with E-state index in [2.05, 4.69) is 9.97 Å². The molecule has 0 spiro atoms. The summed E-state index contributed by atoms with van der Waals surface area (Å²) in [6.07, 6.45) is 0. The Morgan fingerprint density at radius 3 is 2.88 bits per heavy atom. The maximum Gasteiger partial charge on any atom is 0.349 e. The standard InChI is InChI=1S/C12H8N2O2S/c1-6-2-3-9-7(4-6)5-8-10(15)13-12(16)14-11(8)17-9/h2-5H,1H3,(H,13,15,16). The second kappa shape index (κ2) is 3.49. The van der Waals surface area contributed by atoms with Crippen LogP contribution in [-0.2, 0) is 0 Å². The van der Waals surface area contributed by atoms with Crippen molar-refractivity contribution in [1.29, 1.82) is 0 Å². The molecule has 17 heavy (non-hydrogen) atoms. The molecule has 84 valence electrons. The van der Waals surface area contributed by atoms with E-state index in [1.165, 1.54) is 11.3 Å². The van der Waals surface area contributed by atoms with Crippen molar-refractivity contribution in [2.75, 3.05) is 0 Å². The van der Waals surface area contributed by atoms with Gasteiger partial charge in [0.15, 0.2) is 0 Å². The van der Waals surface area contributed by atoms with Crippen molar-refractivity contribution in [2.45, 2.75) is 6.92 Å². The van der Waals surface area contributed by atoms with Crippen molar-refractivity contribution in [3.63, 3.8) is 0 Å². The predicted octanol–water partition coefficient (Wildman–Crippen LogP) is 1.76. The molecule has 0 radical (unpaired) electrons. The topological polar surface area (TPSA) is 62.8 Å². The maximum absolute atomic E-state index is 11.6. The Labute approximate surface area is 99.9 Å². The second-order valence-electron chi connectivity index (χ2n) is 3.88. The highest BCUT2D eigenvalue weighted by Gasteiger charge is 2.11. The summed E-state index contributed by atoms with van der Waals surface area (Å²) in [6.45, 7) is 2.00. The molecule has 1 N–H and O–H groups in total. The van der Waals surface area contributed by atoms with Crippen LogP contribution in [0.1, 0.15) is 5.56 Å². The van der Waals surface area contributed by atoms with E-state index in [0.717, 1.165) is 15.6 Å². The lowest BCUT2D eigenvalue weighted by Gasteiger charge is -2.04. The molecule has 0 bridgehead atoms. The summed E-state index contributed by atoms with van der Waals surface area (Å²) in [5, 5.41) is 1.48. The molecule has 0 aromatic heterocycles. The molecule has 0 saturated carbocycles. The van der Waals surface area contributed by atoms with Crippen LogP contribution >= 0.6 is 11.3 Å². The summed E-state index contributed by atoms with van der Waals surface area (Å²) < 4.78 is 1.01. The predicted molar refractivity (Wildman–Crippen MR) is 67.9 cm³/mol. The third kappa shape index (κ3) is 1.64. The fourth-order valence-corrected chi connectivity index (χ4v) is 2.75. The number of rotatable bonds is 0. The van der Waals surface area contributed by atoms with Gasteiger partial charge in [-0.1, -0.05) is 17.7 Å². The van der Waals surface area contributed by atoms with Crippen LogP contribution in [0.2, 0.25) is 0 Å². The molecule has 2 heterocycles. The minimum absolute atomic E-state index is 0.375. The normalized spacial score (nSPS) is 11.1. The van der Waals surface area contributed by atoms with Gasteiger partial charge in [0.25, 0.3) is 5.56 Å². The van der Waals surface area contributed by atoms with Crippen molar-refractivity contribution in [3.8, 4) is 10.6 Å². The van der Waals surface area contributed by atoms with E-state index in [0.29, 0.717) is 10.6 Å². The first kappa shape index (κ1) is 10.2. The number of hydrogen-bond donors (Lipinski definition) is 1. The van der Waals surface area contributed by atoms with Crippen molar-refractivity contribution < 1.29 is 0 Å². The van der Waals surface area contributed by atoms with Gasteiger partial charge in [-0.2, -0.15) is 4.98 Å². The molecule has 1 aromatic carbocycles. The van der Waals surface area contributed by atoms with E-state index in [9.17, 15) is 9.59 Å². The first-order chi connectivity index (χ1) is 8.13. The Morgan fingerprint density at radius 2 is 2.06 bits per heavy atom. The molecular formula is C12H8N2O2S. The van der Waals surface area contributed by atoms with Gasteiger partial charge < -0.3 is 0 Å². The van der Waals surface area contributed by atoms with E-state index in [4.69, 9.17) is 0 Å². The average Bonchev–Trinajstić information content (AvgIpc) is 2.27. The van der Waals surface area contributed by atoms with Crippen LogP contribution in [0.4, 0.5) is 0 Å². The number of nitrogens with one attached hydrogen (secondary N) is 1. The lowest BCUT2D eigenvalue weighted by Crippen LogP contribution is -2.24. The minimum Gasteiger partial charge on any atom is -0.272 e. The number of hydrogen-bond acceptors (Lipinski definition) is 4. The lowest BCUT2D eigenvalue weighted by molar-refractivity contribution is 1.05. The van der Waals surface area contributed by atoms with Crippen LogP contribution in [-0.4, -0.2) is 9.97 Å². The van der Waals surface area contributed by atoms with E-state index in [-0.39, 0.29) is 5.56 Å². The largest absolute Gasteiger partial charge is 0.349 e. The fraction of sp³-hybridized carbons (Fsp3) is 0.0833. The van der Waals surface area contributed by atoms with Crippen LogP contribution in [0.3, 0.4) is 0 Å². The molecule has 0 atom stereocenters. The quantitative estimate of drug-likeness (QED) is 0.613. The third-order valence-electron chi connectivity index (χ3n) is 2.57. The Morgan fingerprint density at radius 1 is 1.24 bits per heavy atom. The molecule has 4 nitrogen and oxygen atoms in total. The van der Waals surface area contributed by atoms with Crippen LogP contribution < -0.4 is 11.2 Å². The highest BCUT2D eigenvalue weighted by Crippen LogP contribution is 2.29. The average molecular weight is 244 g/mol. The molecule has 0 saturated heterocycles. The number of H-pyrrole nitrogens is 1. The van der Waals surface area contributed by atoms with Crippen molar-refractivity contribution >= 4 is 21.4 Å². The number of aromatic nitrogens is 2. The summed E-state index contributed by atoms with van der Waals surface area (Å²) in [4.78, 5) is 28.8. The van der Waals surface area contributed by atoms with Crippen LogP contribution in [0, 0.1) is 6.92 Å². The molecule has 2 aliphatic heterocycles. The molecular weight excluding hydrogens is 236 g/mol. The summed E-state index contributed by atoms with van der Waals surface area (Å²) in [7, 11) is 0. The second-order valence-corrected chi connectivity index (χ2v) is 4.91. The van der Waals surface area contributed by atoms with E-state index >= 15 is 0 Å². The molecule has 0 unspecified atom stereocenters. The van der Waals surface area contributed by atoms with Gasteiger partial charge in [0.1, 0.15) is 5.01 Å². The van der Waals surface area contributed by atoms with E-state index in [1.54, 1.807) is 6.07 Å². The van der Waals surface area contributed by atoms with Crippen LogP contribution in [0.5, 0.6) is 0 Å². The molecule has 3 rings (SSSR count). The minimum atomic E-state index is -0.592. The lowest BCUT2D eigenvalue weighted by atomic mass is 10.1. The SMILES string of the molecule is Cc1ccc2sc3nc(=O)[nH]c(=O)c-3cc2c1. The summed E-state index contributed by atoms with van der Waals surface area (Å²) >= 11 is 1.36. The summed E-state index contributed by atoms with van der Waals surface area (Å²) in [5.41, 5.74) is 0.631. The number of fused-ring (bicyclic) bond motifs is 2. The van der Waals surface area contributed by atoms with E-state index < -0.39 is 5.69 Å². The number of benzene rings is 1. The van der Waals surface area contributed by atoms with Gasteiger partial charge in [0.05, 0.1) is 5.56 Å². The molecule has 0 aliphatic carbocycles. The zero-order valence-corrected chi connectivity index (χ0v) is 9.80. The molecule has 1 aromatic rings. The van der Waals surface area contributed by atoms with Gasteiger partial charge >= 0.3 is 5.69 Å². The first-order valence-electron chi connectivity index (χ1n) is 5.08. The zero-order valence-electron chi connectivity index (χ0n) is 8.98. The van der Waals surface area contributed by atoms with Crippen LogP contribution in [0.15, 0.2) is 33.9 Å². The third-order valence-corrected chi connectivity index (χ3v) is 3.67. The van der Waals surface area contributed by atoms with Crippen molar-refractivity contribution in [1.82, 2.24) is 9.97 Å². The fourth-order valence-electron chi connectivity index (χ4n) is 1.78. The number of aromatic amines is 1. The Hall–Kier alpha value is -2.01. The Bertz CT molecular complexity index is 804. The van der Waals surface area contributed by atoms with Gasteiger partial charge in [-0.05, 0) is 24.4 Å². The Balaban J connectivity index is 2.53.